The molecule has 0 spiro atoms. The van der Waals surface area contributed by atoms with E-state index in [1.165, 1.54) is 0 Å². The van der Waals surface area contributed by atoms with Crippen LogP contribution in [0.1, 0.15) is 38.3 Å². The molecular formula is C12H17BrF2N2. The molecule has 2 atom stereocenters. The molecule has 1 aromatic rings. The molecule has 96 valence electrons. The van der Waals surface area contributed by atoms with Crippen LogP contribution >= 0.6 is 15.9 Å². The van der Waals surface area contributed by atoms with Crippen LogP contribution in [0.15, 0.2) is 16.6 Å². The highest BCUT2D eigenvalue weighted by Gasteiger charge is 2.22. The maximum absolute atomic E-state index is 13.4. The number of benzene rings is 1. The molecule has 2 unspecified atom stereocenters. The van der Waals surface area contributed by atoms with Crippen LogP contribution in [0.3, 0.4) is 0 Å². The molecule has 0 heterocycles. The molecule has 2 nitrogen and oxygen atoms in total. The monoisotopic (exact) mass is 306 g/mol. The van der Waals surface area contributed by atoms with Crippen molar-refractivity contribution in [3.05, 3.63) is 33.8 Å². The second kappa shape index (κ2) is 6.42. The van der Waals surface area contributed by atoms with Gasteiger partial charge in [0, 0.05) is 6.04 Å². The van der Waals surface area contributed by atoms with Gasteiger partial charge in [0.25, 0.3) is 0 Å². The van der Waals surface area contributed by atoms with Crippen LogP contribution < -0.4 is 11.3 Å². The summed E-state index contributed by atoms with van der Waals surface area (Å²) in [7, 11) is 0. The molecule has 1 aromatic carbocycles. The Kier molecular flexibility index (Phi) is 5.49. The van der Waals surface area contributed by atoms with Crippen molar-refractivity contribution >= 4 is 15.9 Å². The Balaban J connectivity index is 3.08. The first-order valence-electron chi connectivity index (χ1n) is 5.62. The average Bonchev–Trinajstić information content (AvgIpc) is 2.30. The van der Waals surface area contributed by atoms with E-state index >= 15 is 0 Å². The molecule has 0 aliphatic rings. The van der Waals surface area contributed by atoms with Gasteiger partial charge in [0.2, 0.25) is 0 Å². The van der Waals surface area contributed by atoms with Gasteiger partial charge in [-0.05, 0) is 39.9 Å². The minimum absolute atomic E-state index is 0.142. The zero-order valence-corrected chi connectivity index (χ0v) is 11.5. The van der Waals surface area contributed by atoms with Crippen LogP contribution in [-0.4, -0.2) is 0 Å². The summed E-state index contributed by atoms with van der Waals surface area (Å²) >= 11 is 3.08. The van der Waals surface area contributed by atoms with E-state index in [0.717, 1.165) is 18.9 Å². The molecule has 0 fully saturated rings. The number of hydrogen-bond acceptors (Lipinski definition) is 2. The van der Waals surface area contributed by atoms with Crippen molar-refractivity contribution in [2.24, 2.45) is 11.8 Å². The summed E-state index contributed by atoms with van der Waals surface area (Å²) < 4.78 is 26.6. The van der Waals surface area contributed by atoms with Crippen molar-refractivity contribution in [1.29, 1.82) is 0 Å². The lowest BCUT2D eigenvalue weighted by Gasteiger charge is -2.24. The summed E-state index contributed by atoms with van der Waals surface area (Å²) in [4.78, 5) is 0. The van der Waals surface area contributed by atoms with Gasteiger partial charge in [-0.2, -0.15) is 0 Å². The highest BCUT2D eigenvalue weighted by atomic mass is 79.9. The van der Waals surface area contributed by atoms with E-state index in [4.69, 9.17) is 5.84 Å². The van der Waals surface area contributed by atoms with Gasteiger partial charge >= 0.3 is 0 Å². The van der Waals surface area contributed by atoms with E-state index in [1.54, 1.807) is 6.07 Å². The fourth-order valence-electron chi connectivity index (χ4n) is 1.96. The predicted octanol–water partition coefficient (Wildman–Crippen LogP) is 3.67. The molecule has 1 rings (SSSR count). The smallest absolute Gasteiger partial charge is 0.173 e. The van der Waals surface area contributed by atoms with Crippen molar-refractivity contribution < 1.29 is 8.78 Å². The van der Waals surface area contributed by atoms with E-state index in [2.05, 4.69) is 28.3 Å². The Bertz CT molecular complexity index is 385. The Morgan fingerprint density at radius 3 is 2.59 bits per heavy atom. The van der Waals surface area contributed by atoms with Crippen LogP contribution in [0.4, 0.5) is 8.78 Å². The van der Waals surface area contributed by atoms with Crippen molar-refractivity contribution in [3.63, 3.8) is 0 Å². The zero-order chi connectivity index (χ0) is 13.0. The first-order valence-corrected chi connectivity index (χ1v) is 6.41. The summed E-state index contributed by atoms with van der Waals surface area (Å²) in [6.45, 7) is 4.10. The topological polar surface area (TPSA) is 38.0 Å². The van der Waals surface area contributed by atoms with E-state index in [-0.39, 0.29) is 16.4 Å². The second-order valence-electron chi connectivity index (χ2n) is 4.17. The van der Waals surface area contributed by atoms with E-state index in [0.29, 0.717) is 5.56 Å². The van der Waals surface area contributed by atoms with Crippen molar-refractivity contribution in [3.8, 4) is 0 Å². The number of halogens is 3. The molecule has 17 heavy (non-hydrogen) atoms. The fourth-order valence-corrected chi connectivity index (χ4v) is 2.53. The summed E-state index contributed by atoms with van der Waals surface area (Å²) in [5.74, 6) is 4.02. The molecule has 3 N–H and O–H groups in total. The van der Waals surface area contributed by atoms with E-state index in [1.807, 2.05) is 6.92 Å². The maximum Gasteiger partial charge on any atom is 0.173 e. The molecular weight excluding hydrogens is 290 g/mol. The molecule has 0 saturated heterocycles. The molecule has 0 amide bonds. The quantitative estimate of drug-likeness (QED) is 0.495. The van der Waals surface area contributed by atoms with Gasteiger partial charge in [-0.15, -0.1) is 0 Å². The minimum atomic E-state index is -0.869. The van der Waals surface area contributed by atoms with Crippen molar-refractivity contribution in [1.82, 2.24) is 5.43 Å². The fraction of sp³-hybridized carbons (Fsp3) is 0.500. The van der Waals surface area contributed by atoms with Gasteiger partial charge < -0.3 is 0 Å². The van der Waals surface area contributed by atoms with Gasteiger partial charge in [0.15, 0.2) is 11.6 Å². The highest BCUT2D eigenvalue weighted by molar-refractivity contribution is 9.10. The average molecular weight is 307 g/mol. The number of nitrogens with one attached hydrogen (secondary N) is 1. The molecule has 0 aliphatic carbocycles. The lowest BCUT2D eigenvalue weighted by molar-refractivity contribution is 0.364. The minimum Gasteiger partial charge on any atom is -0.271 e. The molecule has 0 aliphatic heterocycles. The molecule has 0 radical (unpaired) electrons. The molecule has 0 saturated carbocycles. The Labute approximate surface area is 109 Å². The lowest BCUT2D eigenvalue weighted by Crippen LogP contribution is -2.33. The normalized spacial score (nSPS) is 14.7. The molecule has 5 heteroatoms. The van der Waals surface area contributed by atoms with E-state index < -0.39 is 11.6 Å². The first kappa shape index (κ1) is 14.5. The van der Waals surface area contributed by atoms with Crippen molar-refractivity contribution in [2.45, 2.75) is 32.7 Å². The van der Waals surface area contributed by atoms with Gasteiger partial charge in [0.1, 0.15) is 0 Å². The summed E-state index contributed by atoms with van der Waals surface area (Å²) in [5.41, 5.74) is 3.32. The predicted molar refractivity (Wildman–Crippen MR) is 68.2 cm³/mol. The first-order chi connectivity index (χ1) is 8.02. The van der Waals surface area contributed by atoms with Crippen LogP contribution in [0.2, 0.25) is 0 Å². The van der Waals surface area contributed by atoms with E-state index in [9.17, 15) is 8.78 Å². The van der Waals surface area contributed by atoms with Gasteiger partial charge in [-0.25, -0.2) is 8.78 Å². The van der Waals surface area contributed by atoms with Gasteiger partial charge in [0.05, 0.1) is 4.47 Å². The Morgan fingerprint density at radius 1 is 1.41 bits per heavy atom. The van der Waals surface area contributed by atoms with Crippen molar-refractivity contribution in [2.75, 3.05) is 0 Å². The lowest BCUT2D eigenvalue weighted by atomic mass is 9.91. The maximum atomic E-state index is 13.4. The summed E-state index contributed by atoms with van der Waals surface area (Å²) in [5, 5.41) is 0. The number of nitrogens with two attached hydrogens (primary N) is 1. The van der Waals surface area contributed by atoms with Gasteiger partial charge in [-0.1, -0.05) is 26.3 Å². The Morgan fingerprint density at radius 2 is 2.06 bits per heavy atom. The second-order valence-corrected chi connectivity index (χ2v) is 4.97. The largest absolute Gasteiger partial charge is 0.271 e. The molecule has 0 bridgehead atoms. The Hall–Kier alpha value is -0.520. The van der Waals surface area contributed by atoms with Crippen LogP contribution in [0.5, 0.6) is 0 Å². The summed E-state index contributed by atoms with van der Waals surface area (Å²) in [6, 6.07) is 2.48. The number of hydrazine groups is 1. The number of rotatable bonds is 5. The SMILES string of the molecule is CCCC(C)C(NN)c1ccc(F)c(F)c1Br. The zero-order valence-electron chi connectivity index (χ0n) is 9.93. The third-order valence-corrected chi connectivity index (χ3v) is 3.70. The third-order valence-electron chi connectivity index (χ3n) is 2.89. The van der Waals surface area contributed by atoms with Crippen LogP contribution in [-0.2, 0) is 0 Å². The standard InChI is InChI=1S/C12H17BrF2N2/c1-3-4-7(2)12(17-16)8-5-6-9(14)11(15)10(8)13/h5-7,12,17H,3-4,16H2,1-2H3. The van der Waals surface area contributed by atoms with Crippen LogP contribution in [0, 0.1) is 17.6 Å². The number of hydrogen-bond donors (Lipinski definition) is 2. The van der Waals surface area contributed by atoms with Gasteiger partial charge in [-0.3, -0.25) is 11.3 Å². The molecule has 0 aromatic heterocycles. The van der Waals surface area contributed by atoms with Crippen LogP contribution in [0.25, 0.3) is 0 Å². The highest BCUT2D eigenvalue weighted by Crippen LogP contribution is 2.32. The third kappa shape index (κ3) is 3.24. The summed E-state index contributed by atoms with van der Waals surface area (Å²) in [6.07, 6.45) is 1.97.